The number of hydrogen-bond donors (Lipinski definition) is 1. The fourth-order valence-electron chi connectivity index (χ4n) is 4.14. The first kappa shape index (κ1) is 22.0. The molecule has 0 spiro atoms. The predicted octanol–water partition coefficient (Wildman–Crippen LogP) is 3.67. The van der Waals surface area contributed by atoms with Gasteiger partial charge in [-0.2, -0.15) is 0 Å². The van der Waals surface area contributed by atoms with Crippen LogP contribution in [0.4, 0.5) is 0 Å². The smallest absolute Gasteiger partial charge is 0.225 e. The minimum absolute atomic E-state index is 0.0311. The zero-order chi connectivity index (χ0) is 21.3. The van der Waals surface area contributed by atoms with Crippen LogP contribution in [0.3, 0.4) is 0 Å². The molecule has 0 aromatic heterocycles. The van der Waals surface area contributed by atoms with E-state index in [-0.39, 0.29) is 23.8 Å². The quantitative estimate of drug-likeness (QED) is 0.644. The molecule has 5 heteroatoms. The van der Waals surface area contributed by atoms with Gasteiger partial charge in [0.15, 0.2) is 0 Å². The fraction of sp³-hybridized carbons (Fsp3) is 0.440. The average Bonchev–Trinajstić information content (AvgIpc) is 2.77. The summed E-state index contributed by atoms with van der Waals surface area (Å²) in [5.41, 5.74) is 3.44. The van der Waals surface area contributed by atoms with Gasteiger partial charge in [-0.3, -0.25) is 9.59 Å². The van der Waals surface area contributed by atoms with Gasteiger partial charge in [-0.05, 0) is 37.3 Å². The normalized spacial score (nSPS) is 19.0. The van der Waals surface area contributed by atoms with Gasteiger partial charge in [0.1, 0.15) is 0 Å². The Bertz CT molecular complexity index is 820. The molecule has 2 aromatic carbocycles. The van der Waals surface area contributed by atoms with Crippen LogP contribution < -0.4 is 5.32 Å². The highest BCUT2D eigenvalue weighted by molar-refractivity contribution is 5.85. The van der Waals surface area contributed by atoms with E-state index in [1.807, 2.05) is 54.3 Å². The lowest BCUT2D eigenvalue weighted by molar-refractivity contribution is -0.144. The van der Waals surface area contributed by atoms with Crippen molar-refractivity contribution in [3.63, 3.8) is 0 Å². The monoisotopic (exact) mass is 408 g/mol. The maximum Gasteiger partial charge on any atom is 0.225 e. The van der Waals surface area contributed by atoms with Crippen LogP contribution >= 0.6 is 0 Å². The van der Waals surface area contributed by atoms with Crippen LogP contribution in [0.25, 0.3) is 0 Å². The van der Waals surface area contributed by atoms with Crippen molar-refractivity contribution in [1.82, 2.24) is 10.2 Å². The number of ether oxygens (including phenoxy) is 1. The average molecular weight is 409 g/mol. The number of methoxy groups -OCH3 is 1. The van der Waals surface area contributed by atoms with E-state index >= 15 is 0 Å². The molecular formula is C25H32N2O3. The van der Waals surface area contributed by atoms with Crippen LogP contribution in [0, 0.1) is 12.8 Å². The Morgan fingerprint density at radius 1 is 1.13 bits per heavy atom. The van der Waals surface area contributed by atoms with Crippen LogP contribution in [0.1, 0.15) is 42.0 Å². The third-order valence-corrected chi connectivity index (χ3v) is 5.78. The summed E-state index contributed by atoms with van der Waals surface area (Å²) in [6.45, 7) is 3.62. The van der Waals surface area contributed by atoms with Gasteiger partial charge in [0.2, 0.25) is 11.8 Å². The highest BCUT2D eigenvalue weighted by atomic mass is 16.5. The van der Waals surface area contributed by atoms with Crippen molar-refractivity contribution in [3.05, 3.63) is 71.3 Å². The fourth-order valence-corrected chi connectivity index (χ4v) is 4.14. The van der Waals surface area contributed by atoms with E-state index in [0.29, 0.717) is 32.5 Å². The number of hydrogen-bond acceptors (Lipinski definition) is 3. The summed E-state index contributed by atoms with van der Waals surface area (Å²) in [6, 6.07) is 18.2. The van der Waals surface area contributed by atoms with Crippen molar-refractivity contribution in [3.8, 4) is 0 Å². The number of carbonyl (C=O) groups excluding carboxylic acids is 2. The number of nitrogens with one attached hydrogen (secondary N) is 1. The molecule has 1 heterocycles. The second-order valence-corrected chi connectivity index (χ2v) is 7.96. The standard InChI is InChI=1S/C25H32N2O3/c1-19-10-12-21(13-11-19)24-22(14-15-23(28)27(24)17-18-30-2)25(29)26-16-6-9-20-7-4-3-5-8-20/h3-5,7-8,10-13,22,24H,6,9,14-18H2,1-2H3,(H,26,29). The van der Waals surface area contributed by atoms with Crippen molar-refractivity contribution in [2.75, 3.05) is 26.8 Å². The maximum atomic E-state index is 13.1. The lowest BCUT2D eigenvalue weighted by Gasteiger charge is -2.40. The molecule has 1 saturated heterocycles. The van der Waals surface area contributed by atoms with E-state index in [0.717, 1.165) is 24.0 Å². The molecule has 1 aliphatic rings. The largest absolute Gasteiger partial charge is 0.383 e. The number of nitrogens with zero attached hydrogens (tertiary/aromatic N) is 1. The summed E-state index contributed by atoms with van der Waals surface area (Å²) < 4.78 is 5.22. The van der Waals surface area contributed by atoms with E-state index in [4.69, 9.17) is 4.74 Å². The zero-order valence-corrected chi connectivity index (χ0v) is 18.0. The number of carbonyl (C=O) groups is 2. The minimum Gasteiger partial charge on any atom is -0.383 e. The Labute approximate surface area is 179 Å². The molecule has 0 aliphatic carbocycles. The van der Waals surface area contributed by atoms with Crippen molar-refractivity contribution in [1.29, 1.82) is 0 Å². The third kappa shape index (κ3) is 5.70. The maximum absolute atomic E-state index is 13.1. The molecule has 0 saturated carbocycles. The van der Waals surface area contributed by atoms with Gasteiger partial charge in [-0.1, -0.05) is 60.2 Å². The van der Waals surface area contributed by atoms with Crippen LogP contribution in [-0.4, -0.2) is 43.5 Å². The van der Waals surface area contributed by atoms with Gasteiger partial charge >= 0.3 is 0 Å². The first-order chi connectivity index (χ1) is 14.6. The summed E-state index contributed by atoms with van der Waals surface area (Å²) in [7, 11) is 1.63. The number of benzene rings is 2. The minimum atomic E-state index is -0.254. The molecule has 1 aliphatic heterocycles. The van der Waals surface area contributed by atoms with Gasteiger partial charge < -0.3 is 15.0 Å². The highest BCUT2D eigenvalue weighted by Crippen LogP contribution is 2.37. The number of piperidine rings is 1. The molecule has 0 radical (unpaired) electrons. The molecule has 2 unspecified atom stereocenters. The predicted molar refractivity (Wildman–Crippen MR) is 118 cm³/mol. The summed E-state index contributed by atoms with van der Waals surface area (Å²) in [6.07, 6.45) is 2.80. The number of rotatable bonds is 9. The Morgan fingerprint density at radius 2 is 1.87 bits per heavy atom. The lowest BCUT2D eigenvalue weighted by atomic mass is 9.83. The molecule has 160 valence electrons. The number of likely N-dealkylation sites (tertiary alicyclic amines) is 1. The van der Waals surface area contributed by atoms with Crippen LogP contribution in [-0.2, 0) is 20.7 Å². The van der Waals surface area contributed by atoms with E-state index in [2.05, 4.69) is 17.4 Å². The molecule has 2 aromatic rings. The van der Waals surface area contributed by atoms with E-state index in [1.54, 1.807) is 7.11 Å². The molecule has 1 fully saturated rings. The summed E-state index contributed by atoms with van der Waals surface area (Å²) >= 11 is 0. The Balaban J connectivity index is 1.68. The Hall–Kier alpha value is -2.66. The second kappa shape index (κ2) is 10.9. The van der Waals surface area contributed by atoms with Crippen molar-refractivity contribution >= 4 is 11.8 Å². The molecule has 0 bridgehead atoms. The van der Waals surface area contributed by atoms with Crippen molar-refractivity contribution < 1.29 is 14.3 Å². The van der Waals surface area contributed by atoms with Gasteiger partial charge in [-0.15, -0.1) is 0 Å². The molecule has 1 N–H and O–H groups in total. The summed E-state index contributed by atoms with van der Waals surface area (Å²) in [5.74, 6) is -0.131. The first-order valence-electron chi connectivity index (χ1n) is 10.8. The molecule has 5 nitrogen and oxygen atoms in total. The van der Waals surface area contributed by atoms with Gasteiger partial charge in [-0.25, -0.2) is 0 Å². The van der Waals surface area contributed by atoms with Crippen LogP contribution in [0.15, 0.2) is 54.6 Å². The van der Waals surface area contributed by atoms with E-state index in [9.17, 15) is 9.59 Å². The summed E-state index contributed by atoms with van der Waals surface area (Å²) in [4.78, 5) is 27.6. The Morgan fingerprint density at radius 3 is 2.57 bits per heavy atom. The highest BCUT2D eigenvalue weighted by Gasteiger charge is 2.40. The van der Waals surface area contributed by atoms with Crippen LogP contribution in [0.2, 0.25) is 0 Å². The number of aryl methyl sites for hydroxylation is 2. The van der Waals surface area contributed by atoms with Gasteiger partial charge in [0, 0.05) is 26.6 Å². The zero-order valence-electron chi connectivity index (χ0n) is 18.0. The van der Waals surface area contributed by atoms with Crippen molar-refractivity contribution in [2.45, 2.75) is 38.6 Å². The van der Waals surface area contributed by atoms with Crippen molar-refractivity contribution in [2.24, 2.45) is 5.92 Å². The SMILES string of the molecule is COCCN1C(=O)CCC(C(=O)NCCCc2ccccc2)C1c1ccc(C)cc1. The second-order valence-electron chi connectivity index (χ2n) is 7.96. The molecular weight excluding hydrogens is 376 g/mol. The lowest BCUT2D eigenvalue weighted by Crippen LogP contribution is -2.49. The first-order valence-corrected chi connectivity index (χ1v) is 10.8. The van der Waals surface area contributed by atoms with Gasteiger partial charge in [0.05, 0.1) is 18.6 Å². The van der Waals surface area contributed by atoms with Gasteiger partial charge in [0.25, 0.3) is 0 Å². The third-order valence-electron chi connectivity index (χ3n) is 5.78. The topological polar surface area (TPSA) is 58.6 Å². The molecule has 2 amide bonds. The molecule has 2 atom stereocenters. The molecule has 30 heavy (non-hydrogen) atoms. The molecule has 3 rings (SSSR count). The number of amides is 2. The summed E-state index contributed by atoms with van der Waals surface area (Å²) in [5, 5.41) is 3.12. The van der Waals surface area contributed by atoms with E-state index < -0.39 is 0 Å². The van der Waals surface area contributed by atoms with E-state index in [1.165, 1.54) is 5.56 Å². The van der Waals surface area contributed by atoms with Crippen LogP contribution in [0.5, 0.6) is 0 Å². The Kier molecular flexibility index (Phi) is 8.03.